The van der Waals surface area contributed by atoms with E-state index in [9.17, 15) is 23.3 Å². The van der Waals surface area contributed by atoms with E-state index in [2.05, 4.69) is 0 Å². The number of nitrogens with zero attached hydrogens (tertiary/aromatic N) is 3. The van der Waals surface area contributed by atoms with Crippen LogP contribution in [0.25, 0.3) is 0 Å². The summed E-state index contributed by atoms with van der Waals surface area (Å²) in [6.45, 7) is 2.46. The Labute approximate surface area is 167 Å². The smallest absolute Gasteiger partial charge is 0.312 e. The molecule has 156 valence electrons. The third-order valence-corrected chi connectivity index (χ3v) is 6.63. The van der Waals surface area contributed by atoms with E-state index < -0.39 is 20.6 Å². The lowest BCUT2D eigenvalue weighted by Gasteiger charge is -2.33. The summed E-state index contributed by atoms with van der Waals surface area (Å²) in [7, 11) is -2.67. The minimum Gasteiger partial charge on any atom is -0.490 e. The molecule has 10 nitrogen and oxygen atoms in total. The lowest BCUT2D eigenvalue weighted by Crippen LogP contribution is -2.50. The number of rotatable bonds is 6. The Hall–Kier alpha value is -2.92. The van der Waals surface area contributed by atoms with Crippen molar-refractivity contribution in [2.24, 2.45) is 0 Å². The van der Waals surface area contributed by atoms with Crippen LogP contribution in [-0.2, 0) is 16.4 Å². The Morgan fingerprint density at radius 3 is 2.45 bits per heavy atom. The van der Waals surface area contributed by atoms with Crippen molar-refractivity contribution in [2.75, 3.05) is 33.3 Å². The van der Waals surface area contributed by atoms with E-state index >= 15 is 0 Å². The molecule has 0 N–H and O–H groups in total. The molecule has 0 radical (unpaired) electrons. The van der Waals surface area contributed by atoms with Gasteiger partial charge in [0.2, 0.25) is 10.0 Å². The number of ether oxygens (including phenoxy) is 1. The van der Waals surface area contributed by atoms with Crippen LogP contribution in [-0.4, -0.2) is 61.7 Å². The number of furan rings is 1. The van der Waals surface area contributed by atoms with Crippen LogP contribution in [0, 0.1) is 10.1 Å². The van der Waals surface area contributed by atoms with Crippen LogP contribution < -0.4 is 4.74 Å². The molecule has 0 bridgehead atoms. The molecule has 0 unspecified atom stereocenters. The lowest BCUT2D eigenvalue weighted by molar-refractivity contribution is -0.386. The molecule has 0 aliphatic carbocycles. The number of benzene rings is 1. The summed E-state index contributed by atoms with van der Waals surface area (Å²) in [4.78, 5) is 24.3. The highest BCUT2D eigenvalue weighted by molar-refractivity contribution is 7.89. The van der Waals surface area contributed by atoms with Gasteiger partial charge in [-0.25, -0.2) is 8.42 Å². The molecule has 1 fully saturated rings. The van der Waals surface area contributed by atoms with Gasteiger partial charge in [-0.1, -0.05) is 6.92 Å². The highest BCUT2D eigenvalue weighted by Crippen LogP contribution is 2.30. The van der Waals surface area contributed by atoms with Gasteiger partial charge in [0.15, 0.2) is 11.5 Å². The molecule has 3 rings (SSSR count). The number of sulfonamides is 1. The molecule has 1 aliphatic rings. The summed E-state index contributed by atoms with van der Waals surface area (Å²) in [6, 6.07) is 6.87. The lowest BCUT2D eigenvalue weighted by atomic mass is 10.3. The Kier molecular flexibility index (Phi) is 5.89. The first-order chi connectivity index (χ1) is 13.8. The molecule has 1 amide bonds. The van der Waals surface area contributed by atoms with E-state index in [1.807, 2.05) is 6.92 Å². The van der Waals surface area contributed by atoms with E-state index in [0.717, 1.165) is 6.07 Å². The molecule has 0 atom stereocenters. The zero-order valence-corrected chi connectivity index (χ0v) is 16.8. The van der Waals surface area contributed by atoms with E-state index in [4.69, 9.17) is 9.15 Å². The fourth-order valence-corrected chi connectivity index (χ4v) is 4.53. The number of hydrogen-bond donors (Lipinski definition) is 0. The minimum atomic E-state index is -3.94. The van der Waals surface area contributed by atoms with Gasteiger partial charge >= 0.3 is 5.69 Å². The number of aryl methyl sites for hydroxylation is 1. The highest BCUT2D eigenvalue weighted by Gasteiger charge is 2.32. The molecule has 1 aromatic heterocycles. The van der Waals surface area contributed by atoms with Gasteiger partial charge in [-0.3, -0.25) is 14.9 Å². The number of methoxy groups -OCH3 is 1. The van der Waals surface area contributed by atoms with Crippen molar-refractivity contribution in [1.29, 1.82) is 0 Å². The zero-order chi connectivity index (χ0) is 21.2. The first-order valence-corrected chi connectivity index (χ1v) is 10.4. The maximum absolute atomic E-state index is 12.9. The van der Waals surface area contributed by atoms with Crippen LogP contribution in [0.15, 0.2) is 39.6 Å². The van der Waals surface area contributed by atoms with Crippen molar-refractivity contribution in [2.45, 2.75) is 18.2 Å². The molecule has 2 heterocycles. The average molecular weight is 423 g/mol. The van der Waals surface area contributed by atoms with E-state index in [1.165, 1.54) is 28.4 Å². The van der Waals surface area contributed by atoms with Gasteiger partial charge in [-0.05, 0) is 24.3 Å². The normalized spacial score (nSPS) is 15.3. The summed E-state index contributed by atoms with van der Waals surface area (Å²) in [5.74, 6) is 0.621. The molecule has 29 heavy (non-hydrogen) atoms. The monoisotopic (exact) mass is 423 g/mol. The number of carbonyl (C=O) groups is 1. The molecule has 0 spiro atoms. The topological polar surface area (TPSA) is 123 Å². The molecular weight excluding hydrogens is 402 g/mol. The predicted molar refractivity (Wildman–Crippen MR) is 102 cm³/mol. The number of carbonyl (C=O) groups excluding carboxylic acids is 1. The van der Waals surface area contributed by atoms with Crippen molar-refractivity contribution < 1.29 is 27.3 Å². The van der Waals surface area contributed by atoms with Crippen LogP contribution in [0.2, 0.25) is 0 Å². The van der Waals surface area contributed by atoms with Gasteiger partial charge in [-0.15, -0.1) is 0 Å². The Bertz CT molecular complexity index is 1020. The van der Waals surface area contributed by atoms with Crippen LogP contribution >= 0.6 is 0 Å². The minimum absolute atomic E-state index is 0.0192. The van der Waals surface area contributed by atoms with E-state index in [1.54, 1.807) is 12.1 Å². The summed E-state index contributed by atoms with van der Waals surface area (Å²) >= 11 is 0. The summed E-state index contributed by atoms with van der Waals surface area (Å²) in [6.07, 6.45) is 0.674. The van der Waals surface area contributed by atoms with Crippen molar-refractivity contribution in [1.82, 2.24) is 9.21 Å². The summed E-state index contributed by atoms with van der Waals surface area (Å²) < 4.78 is 37.4. The van der Waals surface area contributed by atoms with Crippen LogP contribution in [0.1, 0.15) is 23.2 Å². The van der Waals surface area contributed by atoms with Crippen LogP contribution in [0.3, 0.4) is 0 Å². The number of amides is 1. The SMILES string of the molecule is CCc1ccc(C(=O)N2CCN(S(=O)(=O)c3ccc(OC)c([N+](=O)[O-])c3)CC2)o1. The fourth-order valence-electron chi connectivity index (χ4n) is 3.09. The van der Waals surface area contributed by atoms with Gasteiger partial charge in [0.1, 0.15) is 5.76 Å². The van der Waals surface area contributed by atoms with Gasteiger partial charge in [0.05, 0.1) is 16.9 Å². The van der Waals surface area contributed by atoms with Gasteiger partial charge < -0.3 is 14.1 Å². The van der Waals surface area contributed by atoms with Crippen molar-refractivity contribution >= 4 is 21.6 Å². The van der Waals surface area contributed by atoms with Crippen LogP contribution in [0.4, 0.5) is 5.69 Å². The molecular formula is C18H21N3O7S. The maximum atomic E-state index is 12.9. The Morgan fingerprint density at radius 1 is 1.21 bits per heavy atom. The summed E-state index contributed by atoms with van der Waals surface area (Å²) in [5, 5.41) is 11.2. The quantitative estimate of drug-likeness (QED) is 0.513. The fraction of sp³-hybridized carbons (Fsp3) is 0.389. The van der Waals surface area contributed by atoms with Gasteiger partial charge in [0, 0.05) is 38.7 Å². The van der Waals surface area contributed by atoms with Gasteiger partial charge in [-0.2, -0.15) is 4.31 Å². The van der Waals surface area contributed by atoms with Crippen molar-refractivity contribution in [3.05, 3.63) is 52.0 Å². The molecule has 1 saturated heterocycles. The molecule has 1 aliphatic heterocycles. The number of nitro benzene ring substituents is 1. The average Bonchev–Trinajstić information content (AvgIpc) is 3.22. The Balaban J connectivity index is 1.73. The third kappa shape index (κ3) is 4.10. The second-order valence-corrected chi connectivity index (χ2v) is 8.34. The van der Waals surface area contributed by atoms with Crippen molar-refractivity contribution in [3.8, 4) is 5.75 Å². The largest absolute Gasteiger partial charge is 0.490 e. The highest BCUT2D eigenvalue weighted by atomic mass is 32.2. The maximum Gasteiger partial charge on any atom is 0.312 e. The number of hydrogen-bond acceptors (Lipinski definition) is 7. The first-order valence-electron chi connectivity index (χ1n) is 8.98. The third-order valence-electron chi connectivity index (χ3n) is 4.73. The van der Waals surface area contributed by atoms with Gasteiger partial charge in [0.25, 0.3) is 5.91 Å². The second-order valence-electron chi connectivity index (χ2n) is 6.41. The van der Waals surface area contributed by atoms with Crippen molar-refractivity contribution in [3.63, 3.8) is 0 Å². The summed E-state index contributed by atoms with van der Waals surface area (Å²) in [5.41, 5.74) is -0.424. The first kappa shape index (κ1) is 20.8. The Morgan fingerprint density at radius 2 is 1.90 bits per heavy atom. The number of piperazine rings is 1. The molecule has 0 saturated carbocycles. The van der Waals surface area contributed by atoms with Crippen LogP contribution in [0.5, 0.6) is 5.75 Å². The molecule has 1 aromatic carbocycles. The second kappa shape index (κ2) is 8.21. The number of nitro groups is 1. The van der Waals surface area contributed by atoms with E-state index in [-0.39, 0.29) is 48.5 Å². The standard InChI is InChI=1S/C18H21N3O7S/c1-3-13-4-6-17(28-13)18(22)19-8-10-20(11-9-19)29(25,26)14-5-7-16(27-2)15(12-14)21(23)24/h4-7,12H,3,8-11H2,1-2H3. The molecule has 2 aromatic rings. The molecule has 11 heteroatoms. The predicted octanol–water partition coefficient (Wildman–Crippen LogP) is 1.91. The van der Waals surface area contributed by atoms with E-state index in [0.29, 0.717) is 12.2 Å². The zero-order valence-electron chi connectivity index (χ0n) is 16.0.